The average molecular weight is 361 g/mol. The minimum atomic E-state index is 0.0837. The fourth-order valence-electron chi connectivity index (χ4n) is 1.62. The van der Waals surface area contributed by atoms with E-state index in [1.807, 2.05) is 18.2 Å². The molecule has 2 aromatic rings. The second-order valence-electron chi connectivity index (χ2n) is 3.63. The van der Waals surface area contributed by atoms with Crippen LogP contribution in [0, 0.1) is 0 Å². The number of ether oxygens (including phenoxy) is 1. The van der Waals surface area contributed by atoms with Crippen LogP contribution in [0.3, 0.4) is 0 Å². The summed E-state index contributed by atoms with van der Waals surface area (Å²) in [6.45, 7) is 0. The fourth-order valence-corrected chi connectivity index (χ4v) is 2.43. The number of carbonyl (C=O) groups excluding carboxylic acids is 1. The molecule has 3 nitrogen and oxygen atoms in total. The zero-order chi connectivity index (χ0) is 14.0. The zero-order valence-corrected chi connectivity index (χ0v) is 12.9. The molecule has 1 heterocycles. The Labute approximate surface area is 128 Å². The molecular formula is C13H8BrCl2NO2. The first-order valence-electron chi connectivity index (χ1n) is 5.22. The SMILES string of the molecule is COc1cc(-c2cccc(Br)c2Cl)nc(Cl)c1C=O. The fraction of sp³-hybridized carbons (Fsp3) is 0.0769. The Hall–Kier alpha value is -1.10. The molecular weight excluding hydrogens is 353 g/mol. The maximum atomic E-state index is 10.9. The first-order chi connectivity index (χ1) is 9.08. The number of nitrogens with zero attached hydrogens (tertiary/aromatic N) is 1. The predicted octanol–water partition coefficient (Wildman–Crippen LogP) is 4.64. The van der Waals surface area contributed by atoms with Crippen molar-refractivity contribution in [1.82, 2.24) is 4.98 Å². The lowest BCUT2D eigenvalue weighted by atomic mass is 10.1. The lowest BCUT2D eigenvalue weighted by Crippen LogP contribution is -1.96. The number of pyridine rings is 1. The van der Waals surface area contributed by atoms with E-state index in [0.717, 1.165) is 4.47 Å². The Kier molecular flexibility index (Phi) is 4.45. The quantitative estimate of drug-likeness (QED) is 0.591. The number of benzene rings is 1. The summed E-state index contributed by atoms with van der Waals surface area (Å²) in [5.74, 6) is 0.362. The molecule has 0 atom stereocenters. The van der Waals surface area contributed by atoms with Crippen LogP contribution >= 0.6 is 39.1 Å². The van der Waals surface area contributed by atoms with E-state index >= 15 is 0 Å². The molecule has 98 valence electrons. The molecule has 2 rings (SSSR count). The van der Waals surface area contributed by atoms with Crippen LogP contribution in [0.4, 0.5) is 0 Å². The Morgan fingerprint density at radius 2 is 2.11 bits per heavy atom. The van der Waals surface area contributed by atoms with Gasteiger partial charge in [0.2, 0.25) is 0 Å². The minimum absolute atomic E-state index is 0.0837. The van der Waals surface area contributed by atoms with Gasteiger partial charge in [0.1, 0.15) is 10.9 Å². The maximum Gasteiger partial charge on any atom is 0.156 e. The molecule has 0 fully saturated rings. The highest BCUT2D eigenvalue weighted by molar-refractivity contribution is 9.10. The first kappa shape index (κ1) is 14.3. The van der Waals surface area contributed by atoms with Gasteiger partial charge in [0.15, 0.2) is 6.29 Å². The van der Waals surface area contributed by atoms with E-state index in [1.54, 1.807) is 6.07 Å². The molecule has 0 bridgehead atoms. The smallest absolute Gasteiger partial charge is 0.156 e. The number of rotatable bonds is 3. The van der Waals surface area contributed by atoms with Crippen molar-refractivity contribution in [3.05, 3.63) is 44.5 Å². The number of carbonyl (C=O) groups is 1. The van der Waals surface area contributed by atoms with Crippen molar-refractivity contribution in [3.8, 4) is 17.0 Å². The molecule has 0 N–H and O–H groups in total. The van der Waals surface area contributed by atoms with Crippen LogP contribution in [0.5, 0.6) is 5.75 Å². The van der Waals surface area contributed by atoms with Crippen LogP contribution < -0.4 is 4.74 Å². The lowest BCUT2D eigenvalue weighted by Gasteiger charge is -2.10. The first-order valence-corrected chi connectivity index (χ1v) is 6.77. The van der Waals surface area contributed by atoms with E-state index in [-0.39, 0.29) is 10.7 Å². The summed E-state index contributed by atoms with van der Waals surface area (Å²) in [5, 5.41) is 0.604. The molecule has 0 aliphatic carbocycles. The molecule has 0 spiro atoms. The van der Waals surface area contributed by atoms with Gasteiger partial charge in [-0.05, 0) is 22.0 Å². The predicted molar refractivity (Wildman–Crippen MR) is 79.3 cm³/mol. The largest absolute Gasteiger partial charge is 0.496 e. The van der Waals surface area contributed by atoms with Crippen LogP contribution in [0.25, 0.3) is 11.3 Å². The third kappa shape index (κ3) is 2.76. The molecule has 0 saturated carbocycles. The summed E-state index contributed by atoms with van der Waals surface area (Å²) in [6, 6.07) is 7.10. The number of methoxy groups -OCH3 is 1. The number of halogens is 3. The topological polar surface area (TPSA) is 39.2 Å². The molecule has 19 heavy (non-hydrogen) atoms. The molecule has 1 aromatic heterocycles. The number of aromatic nitrogens is 1. The van der Waals surface area contributed by atoms with Crippen molar-refractivity contribution >= 4 is 45.4 Å². The number of aldehydes is 1. The zero-order valence-electron chi connectivity index (χ0n) is 9.78. The average Bonchev–Trinajstić information content (AvgIpc) is 2.40. The second kappa shape index (κ2) is 5.90. The maximum absolute atomic E-state index is 10.9. The molecule has 0 radical (unpaired) electrons. The lowest BCUT2D eigenvalue weighted by molar-refractivity contribution is 0.112. The van der Waals surface area contributed by atoms with E-state index in [1.165, 1.54) is 7.11 Å². The summed E-state index contributed by atoms with van der Waals surface area (Å²) in [4.78, 5) is 15.1. The Morgan fingerprint density at radius 1 is 1.37 bits per heavy atom. The molecule has 0 unspecified atom stereocenters. The van der Waals surface area contributed by atoms with Gasteiger partial charge in [-0.2, -0.15) is 0 Å². The molecule has 0 amide bonds. The minimum Gasteiger partial charge on any atom is -0.496 e. The van der Waals surface area contributed by atoms with Crippen molar-refractivity contribution in [2.75, 3.05) is 7.11 Å². The summed E-state index contributed by atoms with van der Waals surface area (Å²) in [7, 11) is 1.46. The van der Waals surface area contributed by atoms with Gasteiger partial charge in [-0.3, -0.25) is 4.79 Å². The highest BCUT2D eigenvalue weighted by Gasteiger charge is 2.15. The molecule has 0 aliphatic heterocycles. The third-order valence-electron chi connectivity index (χ3n) is 2.54. The van der Waals surface area contributed by atoms with Crippen LogP contribution in [-0.4, -0.2) is 18.4 Å². The Bertz CT molecular complexity index is 647. The highest BCUT2D eigenvalue weighted by atomic mass is 79.9. The molecule has 0 saturated heterocycles. The normalized spacial score (nSPS) is 10.3. The van der Waals surface area contributed by atoms with Gasteiger partial charge in [0, 0.05) is 16.1 Å². The summed E-state index contributed by atoms with van der Waals surface area (Å²) >= 11 is 15.5. The van der Waals surface area contributed by atoms with E-state index in [2.05, 4.69) is 20.9 Å². The Morgan fingerprint density at radius 3 is 2.74 bits per heavy atom. The molecule has 0 aliphatic rings. The summed E-state index contributed by atoms with van der Waals surface area (Å²) in [5.41, 5.74) is 1.46. The monoisotopic (exact) mass is 359 g/mol. The number of hydrogen-bond donors (Lipinski definition) is 0. The van der Waals surface area contributed by atoms with Crippen LogP contribution in [-0.2, 0) is 0 Å². The summed E-state index contributed by atoms with van der Waals surface area (Å²) in [6.07, 6.45) is 0.612. The van der Waals surface area contributed by atoms with Gasteiger partial charge in [0.05, 0.1) is 23.4 Å². The van der Waals surface area contributed by atoms with Gasteiger partial charge in [-0.1, -0.05) is 35.3 Å². The third-order valence-corrected chi connectivity index (χ3v) is 4.12. The van der Waals surface area contributed by atoms with Gasteiger partial charge >= 0.3 is 0 Å². The van der Waals surface area contributed by atoms with E-state index in [9.17, 15) is 4.79 Å². The van der Waals surface area contributed by atoms with Crippen LogP contribution in [0.1, 0.15) is 10.4 Å². The van der Waals surface area contributed by atoms with Gasteiger partial charge in [-0.15, -0.1) is 0 Å². The number of hydrogen-bond acceptors (Lipinski definition) is 3. The molecule has 1 aromatic carbocycles. The van der Waals surface area contributed by atoms with E-state index < -0.39 is 0 Å². The van der Waals surface area contributed by atoms with Crippen molar-refractivity contribution in [3.63, 3.8) is 0 Å². The van der Waals surface area contributed by atoms with Crippen molar-refractivity contribution in [2.45, 2.75) is 0 Å². The van der Waals surface area contributed by atoms with Gasteiger partial charge in [0.25, 0.3) is 0 Å². The standard InChI is InChI=1S/C13H8BrCl2NO2/c1-19-11-5-10(17-13(16)8(11)6-18)7-3-2-4-9(14)12(7)15/h2-6H,1H3. The second-order valence-corrected chi connectivity index (χ2v) is 5.22. The summed E-state index contributed by atoms with van der Waals surface area (Å²) < 4.78 is 5.89. The van der Waals surface area contributed by atoms with Crippen molar-refractivity contribution < 1.29 is 9.53 Å². The Balaban J connectivity index is 2.67. The van der Waals surface area contributed by atoms with Crippen LogP contribution in [0.2, 0.25) is 10.2 Å². The highest BCUT2D eigenvalue weighted by Crippen LogP contribution is 2.36. The van der Waals surface area contributed by atoms with Gasteiger partial charge < -0.3 is 4.74 Å². The van der Waals surface area contributed by atoms with Crippen LogP contribution in [0.15, 0.2) is 28.7 Å². The van der Waals surface area contributed by atoms with E-state index in [0.29, 0.717) is 28.3 Å². The van der Waals surface area contributed by atoms with Gasteiger partial charge in [-0.25, -0.2) is 4.98 Å². The molecule has 6 heteroatoms. The van der Waals surface area contributed by atoms with Crippen molar-refractivity contribution in [1.29, 1.82) is 0 Å². The van der Waals surface area contributed by atoms with Crippen molar-refractivity contribution in [2.24, 2.45) is 0 Å². The van der Waals surface area contributed by atoms with E-state index in [4.69, 9.17) is 27.9 Å².